The van der Waals surface area contributed by atoms with Gasteiger partial charge in [-0.1, -0.05) is 12.1 Å². The van der Waals surface area contributed by atoms with Crippen molar-refractivity contribution in [3.05, 3.63) is 52.6 Å². The van der Waals surface area contributed by atoms with E-state index in [1.54, 1.807) is 5.38 Å². The molecule has 0 aliphatic heterocycles. The Labute approximate surface area is 152 Å². The van der Waals surface area contributed by atoms with Crippen molar-refractivity contribution in [2.24, 2.45) is 5.73 Å². The lowest BCUT2D eigenvalue weighted by Gasteiger charge is -2.06. The molecule has 0 bridgehead atoms. The molecule has 26 heavy (non-hydrogen) atoms. The largest absolute Gasteiger partial charge is 0.464 e. The number of furan rings is 1. The van der Waals surface area contributed by atoms with E-state index in [9.17, 15) is 14.4 Å². The maximum atomic E-state index is 12.0. The van der Waals surface area contributed by atoms with Crippen LogP contribution in [-0.2, 0) is 20.7 Å². The smallest absolute Gasteiger partial charge is 0.310 e. The summed E-state index contributed by atoms with van der Waals surface area (Å²) >= 11 is 1.16. The molecule has 0 atom stereocenters. The van der Waals surface area contributed by atoms with Crippen molar-refractivity contribution in [3.8, 4) is 0 Å². The van der Waals surface area contributed by atoms with Gasteiger partial charge >= 0.3 is 5.97 Å². The third-order valence-electron chi connectivity index (χ3n) is 3.69. The monoisotopic (exact) mass is 372 g/mol. The van der Waals surface area contributed by atoms with Crippen LogP contribution in [0.2, 0.25) is 0 Å². The average Bonchev–Trinajstić information content (AvgIpc) is 3.20. The van der Waals surface area contributed by atoms with Crippen molar-refractivity contribution >= 4 is 45.1 Å². The first-order chi connectivity index (χ1) is 12.4. The fourth-order valence-corrected chi connectivity index (χ4v) is 3.25. The van der Waals surface area contributed by atoms with Gasteiger partial charge in [0, 0.05) is 10.9 Å². The van der Waals surface area contributed by atoms with E-state index >= 15 is 0 Å². The maximum absolute atomic E-state index is 12.0. The van der Waals surface area contributed by atoms with Crippen LogP contribution in [0.15, 0.2) is 40.3 Å². The maximum Gasteiger partial charge on any atom is 0.310 e. The Balaban J connectivity index is 1.55. The lowest BCUT2D eigenvalue weighted by atomic mass is 10.1. The van der Waals surface area contributed by atoms with E-state index in [0.29, 0.717) is 16.1 Å². The van der Waals surface area contributed by atoms with Gasteiger partial charge in [-0.15, -0.1) is 11.3 Å². The molecule has 0 aliphatic carbocycles. The van der Waals surface area contributed by atoms with E-state index in [2.05, 4.69) is 5.32 Å². The lowest BCUT2D eigenvalue weighted by molar-refractivity contribution is -0.146. The number of hydrogen-bond donors (Lipinski definition) is 2. The lowest BCUT2D eigenvalue weighted by Crippen LogP contribution is -2.22. The van der Waals surface area contributed by atoms with E-state index in [4.69, 9.17) is 14.9 Å². The molecule has 0 unspecified atom stereocenters. The van der Waals surface area contributed by atoms with Crippen LogP contribution in [0.5, 0.6) is 0 Å². The number of rotatable bonds is 6. The number of primary amides is 1. The number of benzene rings is 1. The van der Waals surface area contributed by atoms with E-state index in [-0.39, 0.29) is 12.0 Å². The fraction of sp³-hybridized carbons (Fsp3) is 0.167. The summed E-state index contributed by atoms with van der Waals surface area (Å²) in [7, 11) is 0. The third-order valence-corrected chi connectivity index (χ3v) is 4.52. The summed E-state index contributed by atoms with van der Waals surface area (Å²) in [5.41, 5.74) is 7.87. The average molecular weight is 372 g/mol. The quantitative estimate of drug-likeness (QED) is 0.646. The van der Waals surface area contributed by atoms with Crippen molar-refractivity contribution < 1.29 is 23.5 Å². The molecule has 2 aromatic heterocycles. The molecule has 0 saturated carbocycles. The van der Waals surface area contributed by atoms with E-state index in [0.717, 1.165) is 22.3 Å². The van der Waals surface area contributed by atoms with Gasteiger partial charge in [0.2, 0.25) is 0 Å². The summed E-state index contributed by atoms with van der Waals surface area (Å²) in [6.45, 7) is 1.50. The first-order valence-corrected chi connectivity index (χ1v) is 8.61. The number of hydrogen-bond acceptors (Lipinski definition) is 6. The second kappa shape index (κ2) is 7.40. The fourth-order valence-electron chi connectivity index (χ4n) is 2.44. The van der Waals surface area contributed by atoms with Gasteiger partial charge in [-0.25, -0.2) is 0 Å². The molecule has 0 aliphatic rings. The van der Waals surface area contributed by atoms with Crippen LogP contribution in [0, 0.1) is 6.92 Å². The number of ether oxygens (including phenoxy) is 1. The molecule has 0 saturated heterocycles. The number of anilines is 1. The van der Waals surface area contributed by atoms with Gasteiger partial charge in [-0.3, -0.25) is 14.4 Å². The van der Waals surface area contributed by atoms with Crippen LogP contribution < -0.4 is 11.1 Å². The molecule has 7 nitrogen and oxygen atoms in total. The second-order valence-electron chi connectivity index (χ2n) is 5.67. The van der Waals surface area contributed by atoms with Gasteiger partial charge in [-0.05, 0) is 30.0 Å². The molecule has 3 aromatic rings. The highest BCUT2D eigenvalue weighted by Crippen LogP contribution is 2.24. The van der Waals surface area contributed by atoms with E-state index in [1.807, 2.05) is 25.1 Å². The summed E-state index contributed by atoms with van der Waals surface area (Å²) in [5, 5.41) is 5.30. The normalized spacial score (nSPS) is 10.7. The first-order valence-electron chi connectivity index (χ1n) is 7.73. The number of nitrogens with two attached hydrogens (primary N) is 1. The highest BCUT2D eigenvalue weighted by Gasteiger charge is 2.15. The standard InChI is InChI=1S/C18H16N2O5S/c1-10-2-3-12-11(8-24-14(12)6-10)7-16(22)25-9-15(21)20-18-13(17(19)23)4-5-26-18/h2-6,8H,7,9H2,1H3,(H2,19,23)(H,20,21). The zero-order valence-electron chi connectivity index (χ0n) is 13.9. The van der Waals surface area contributed by atoms with Crippen molar-refractivity contribution in [1.82, 2.24) is 0 Å². The van der Waals surface area contributed by atoms with Crippen molar-refractivity contribution in [2.45, 2.75) is 13.3 Å². The highest BCUT2D eigenvalue weighted by molar-refractivity contribution is 7.14. The molecule has 0 radical (unpaired) electrons. The number of carbonyl (C=O) groups is 3. The van der Waals surface area contributed by atoms with E-state index in [1.165, 1.54) is 12.3 Å². The summed E-state index contributed by atoms with van der Waals surface area (Å²) in [5.74, 6) is -1.73. The molecule has 2 amide bonds. The summed E-state index contributed by atoms with van der Waals surface area (Å²) < 4.78 is 10.4. The van der Waals surface area contributed by atoms with Crippen LogP contribution in [0.4, 0.5) is 5.00 Å². The van der Waals surface area contributed by atoms with Gasteiger partial charge in [0.15, 0.2) is 6.61 Å². The Bertz CT molecular complexity index is 989. The Kier molecular flexibility index (Phi) is 5.04. The molecule has 3 N–H and O–H groups in total. The number of thiophene rings is 1. The summed E-state index contributed by atoms with van der Waals surface area (Å²) in [6, 6.07) is 7.21. The van der Waals surface area contributed by atoms with Crippen LogP contribution in [0.1, 0.15) is 21.5 Å². The first kappa shape index (κ1) is 17.7. The van der Waals surface area contributed by atoms with Crippen LogP contribution in [0.3, 0.4) is 0 Å². The molecule has 0 spiro atoms. The topological polar surface area (TPSA) is 112 Å². The molecule has 8 heteroatoms. The van der Waals surface area contributed by atoms with Gasteiger partial charge in [-0.2, -0.15) is 0 Å². The Morgan fingerprint density at radius 1 is 1.27 bits per heavy atom. The minimum atomic E-state index is -0.638. The number of carbonyl (C=O) groups excluding carboxylic acids is 3. The zero-order valence-corrected chi connectivity index (χ0v) is 14.7. The molecular weight excluding hydrogens is 356 g/mol. The highest BCUT2D eigenvalue weighted by atomic mass is 32.1. The summed E-state index contributed by atoms with van der Waals surface area (Å²) in [6.07, 6.45) is 1.51. The third kappa shape index (κ3) is 3.92. The Morgan fingerprint density at radius 3 is 2.85 bits per heavy atom. The van der Waals surface area contributed by atoms with Crippen LogP contribution >= 0.6 is 11.3 Å². The second-order valence-corrected chi connectivity index (χ2v) is 6.59. The van der Waals surface area contributed by atoms with Crippen LogP contribution in [0.25, 0.3) is 11.0 Å². The van der Waals surface area contributed by atoms with Gasteiger partial charge in [0.05, 0.1) is 18.2 Å². The minimum absolute atomic E-state index is 0.00508. The SMILES string of the molecule is Cc1ccc2c(CC(=O)OCC(=O)Nc3sccc3C(N)=O)coc2c1. The van der Waals surface area contributed by atoms with Crippen molar-refractivity contribution in [2.75, 3.05) is 11.9 Å². The number of aryl methyl sites for hydroxylation is 1. The van der Waals surface area contributed by atoms with Gasteiger partial charge < -0.3 is 20.2 Å². The molecule has 134 valence electrons. The zero-order chi connectivity index (χ0) is 18.7. The minimum Gasteiger partial charge on any atom is -0.464 e. The van der Waals surface area contributed by atoms with Gasteiger partial charge in [0.1, 0.15) is 10.6 Å². The Hall–Kier alpha value is -3.13. The predicted molar refractivity (Wildman–Crippen MR) is 97.1 cm³/mol. The predicted octanol–water partition coefficient (Wildman–Crippen LogP) is 2.63. The van der Waals surface area contributed by atoms with Crippen molar-refractivity contribution in [3.63, 3.8) is 0 Å². The van der Waals surface area contributed by atoms with Crippen LogP contribution in [-0.4, -0.2) is 24.4 Å². The molecule has 3 rings (SSSR count). The number of fused-ring (bicyclic) bond motifs is 1. The number of esters is 1. The molecule has 1 aromatic carbocycles. The van der Waals surface area contributed by atoms with E-state index < -0.39 is 24.4 Å². The number of nitrogens with one attached hydrogen (secondary N) is 1. The molecule has 0 fully saturated rings. The molecule has 2 heterocycles. The summed E-state index contributed by atoms with van der Waals surface area (Å²) in [4.78, 5) is 35.1. The van der Waals surface area contributed by atoms with Crippen molar-refractivity contribution in [1.29, 1.82) is 0 Å². The number of amides is 2. The Morgan fingerprint density at radius 2 is 2.08 bits per heavy atom. The molecular formula is C18H16N2O5S. The van der Waals surface area contributed by atoms with Gasteiger partial charge in [0.25, 0.3) is 11.8 Å².